The van der Waals surface area contributed by atoms with Gasteiger partial charge in [-0.15, -0.1) is 0 Å². The second-order valence-electron chi connectivity index (χ2n) is 8.96. The Bertz CT molecular complexity index is 907. The van der Waals surface area contributed by atoms with Crippen LogP contribution in [0.15, 0.2) is 48.5 Å². The van der Waals surface area contributed by atoms with Gasteiger partial charge in [-0.3, -0.25) is 9.59 Å². The first-order valence-corrected chi connectivity index (χ1v) is 11.1. The Hall–Kier alpha value is -2.66. The molecule has 1 fully saturated rings. The second-order valence-corrected chi connectivity index (χ2v) is 8.96. The highest BCUT2D eigenvalue weighted by Crippen LogP contribution is 2.37. The number of nitrogens with one attached hydrogen (secondary N) is 1. The summed E-state index contributed by atoms with van der Waals surface area (Å²) in [6.45, 7) is 7.15. The van der Waals surface area contributed by atoms with Crippen molar-refractivity contribution in [2.45, 2.75) is 46.1 Å². The molecule has 0 radical (unpaired) electrons. The lowest BCUT2D eigenvalue weighted by atomic mass is 9.73. The van der Waals surface area contributed by atoms with E-state index in [-0.39, 0.29) is 24.5 Å². The number of carbonyl (C=O) groups is 2. The Morgan fingerprint density at radius 2 is 1.84 bits per heavy atom. The molecule has 1 aliphatic heterocycles. The molecule has 166 valence electrons. The standard InChI is InChI=1S/C26H34N2O3/c1-19(2)27-25(30)26(14-7-15-28(18-26)24(29)17-31-4)16-22-8-5-6-9-23(22)21-12-10-20(3)11-13-21/h5-6,8-13,19H,7,14-18H2,1-4H3,(H,27,30)/t26-/m0/s1. The van der Waals surface area contributed by atoms with E-state index in [1.54, 1.807) is 4.90 Å². The van der Waals surface area contributed by atoms with Crippen molar-refractivity contribution >= 4 is 11.8 Å². The monoisotopic (exact) mass is 422 g/mol. The van der Waals surface area contributed by atoms with Crippen LogP contribution in [-0.4, -0.2) is 49.6 Å². The first kappa shape index (κ1) is 23.0. The molecule has 31 heavy (non-hydrogen) atoms. The van der Waals surface area contributed by atoms with Crippen molar-refractivity contribution < 1.29 is 14.3 Å². The van der Waals surface area contributed by atoms with Crippen molar-refractivity contribution in [3.05, 3.63) is 59.7 Å². The van der Waals surface area contributed by atoms with Gasteiger partial charge in [0, 0.05) is 26.2 Å². The average molecular weight is 423 g/mol. The normalized spacial score (nSPS) is 18.8. The molecule has 1 N–H and O–H groups in total. The molecule has 5 heteroatoms. The summed E-state index contributed by atoms with van der Waals surface area (Å²) >= 11 is 0. The number of amides is 2. The van der Waals surface area contributed by atoms with E-state index in [0.717, 1.165) is 29.5 Å². The number of aryl methyl sites for hydroxylation is 1. The zero-order chi connectivity index (χ0) is 22.4. The van der Waals surface area contributed by atoms with Crippen molar-refractivity contribution in [1.82, 2.24) is 10.2 Å². The van der Waals surface area contributed by atoms with Gasteiger partial charge in [0.1, 0.15) is 6.61 Å². The minimum Gasteiger partial charge on any atom is -0.375 e. The lowest BCUT2D eigenvalue weighted by Crippen LogP contribution is -2.56. The van der Waals surface area contributed by atoms with Gasteiger partial charge in [0.05, 0.1) is 5.41 Å². The maximum Gasteiger partial charge on any atom is 0.248 e. The van der Waals surface area contributed by atoms with Crippen molar-refractivity contribution in [2.75, 3.05) is 26.8 Å². The molecule has 2 aromatic carbocycles. The van der Waals surface area contributed by atoms with Crippen LogP contribution >= 0.6 is 0 Å². The molecule has 2 amide bonds. The van der Waals surface area contributed by atoms with Crippen LogP contribution in [0, 0.1) is 12.3 Å². The van der Waals surface area contributed by atoms with E-state index in [0.29, 0.717) is 19.5 Å². The van der Waals surface area contributed by atoms with E-state index >= 15 is 0 Å². The molecule has 0 spiro atoms. The summed E-state index contributed by atoms with van der Waals surface area (Å²) in [5.74, 6) is -0.0353. The first-order valence-electron chi connectivity index (χ1n) is 11.1. The van der Waals surface area contributed by atoms with Gasteiger partial charge >= 0.3 is 0 Å². The van der Waals surface area contributed by atoms with Crippen LogP contribution in [0.2, 0.25) is 0 Å². The Balaban J connectivity index is 1.97. The molecule has 0 aromatic heterocycles. The van der Waals surface area contributed by atoms with Crippen LogP contribution in [0.25, 0.3) is 11.1 Å². The Morgan fingerprint density at radius 3 is 2.52 bits per heavy atom. The fraction of sp³-hybridized carbons (Fsp3) is 0.462. The average Bonchev–Trinajstić information content (AvgIpc) is 2.75. The number of hydrogen-bond acceptors (Lipinski definition) is 3. The molecular weight excluding hydrogens is 388 g/mol. The lowest BCUT2D eigenvalue weighted by Gasteiger charge is -2.42. The van der Waals surface area contributed by atoms with E-state index in [9.17, 15) is 9.59 Å². The summed E-state index contributed by atoms with van der Waals surface area (Å²) in [5, 5.41) is 3.12. The molecule has 1 aliphatic rings. The number of benzene rings is 2. The molecular formula is C26H34N2O3. The fourth-order valence-corrected chi connectivity index (χ4v) is 4.44. The number of methoxy groups -OCH3 is 1. The molecule has 3 rings (SSSR count). The largest absolute Gasteiger partial charge is 0.375 e. The number of nitrogens with zero attached hydrogens (tertiary/aromatic N) is 1. The minimum absolute atomic E-state index is 0.0242. The molecule has 2 aromatic rings. The molecule has 1 atom stereocenters. The van der Waals surface area contributed by atoms with Gasteiger partial charge in [0.15, 0.2) is 0 Å². The Labute approximate surface area is 185 Å². The topological polar surface area (TPSA) is 58.6 Å². The van der Waals surface area contributed by atoms with Crippen LogP contribution < -0.4 is 5.32 Å². The van der Waals surface area contributed by atoms with Gasteiger partial charge in [0.2, 0.25) is 11.8 Å². The van der Waals surface area contributed by atoms with Gasteiger partial charge in [-0.1, -0.05) is 54.1 Å². The first-order chi connectivity index (χ1) is 14.8. The van der Waals surface area contributed by atoms with Gasteiger partial charge in [-0.2, -0.15) is 0 Å². The smallest absolute Gasteiger partial charge is 0.248 e. The number of piperidine rings is 1. The van der Waals surface area contributed by atoms with Gasteiger partial charge in [0.25, 0.3) is 0 Å². The quantitative estimate of drug-likeness (QED) is 0.734. The van der Waals surface area contributed by atoms with Crippen molar-refractivity contribution in [1.29, 1.82) is 0 Å². The van der Waals surface area contributed by atoms with E-state index in [1.165, 1.54) is 12.7 Å². The third-order valence-corrected chi connectivity index (χ3v) is 6.01. The summed E-state index contributed by atoms with van der Waals surface area (Å²) in [6.07, 6.45) is 2.14. The van der Waals surface area contributed by atoms with Crippen LogP contribution in [0.5, 0.6) is 0 Å². The third-order valence-electron chi connectivity index (χ3n) is 6.01. The van der Waals surface area contributed by atoms with E-state index < -0.39 is 5.41 Å². The van der Waals surface area contributed by atoms with E-state index in [1.807, 2.05) is 26.0 Å². The van der Waals surface area contributed by atoms with Crippen LogP contribution in [0.1, 0.15) is 37.8 Å². The van der Waals surface area contributed by atoms with Crippen LogP contribution in [0.4, 0.5) is 0 Å². The maximum absolute atomic E-state index is 13.5. The number of hydrogen-bond donors (Lipinski definition) is 1. The van der Waals surface area contributed by atoms with Crippen molar-refractivity contribution in [2.24, 2.45) is 5.41 Å². The minimum atomic E-state index is -0.660. The molecule has 0 unspecified atom stereocenters. The molecule has 0 bridgehead atoms. The van der Waals surface area contributed by atoms with Crippen LogP contribution in [0.3, 0.4) is 0 Å². The summed E-state index contributed by atoms with van der Waals surface area (Å²) in [6, 6.07) is 16.8. The third kappa shape index (κ3) is 5.53. The second kappa shape index (κ2) is 10.1. The van der Waals surface area contributed by atoms with Crippen molar-refractivity contribution in [3.8, 4) is 11.1 Å². The summed E-state index contributed by atoms with van der Waals surface area (Å²) in [7, 11) is 1.53. The zero-order valence-electron chi connectivity index (χ0n) is 19.1. The number of rotatable bonds is 7. The van der Waals surface area contributed by atoms with Gasteiger partial charge in [-0.25, -0.2) is 0 Å². The Morgan fingerprint density at radius 1 is 1.13 bits per heavy atom. The number of ether oxygens (including phenoxy) is 1. The predicted octanol–water partition coefficient (Wildman–Crippen LogP) is 3.98. The van der Waals surface area contributed by atoms with E-state index in [2.05, 4.69) is 48.6 Å². The summed E-state index contributed by atoms with van der Waals surface area (Å²) < 4.78 is 5.06. The number of likely N-dealkylation sites (tertiary alicyclic amines) is 1. The highest BCUT2D eigenvalue weighted by molar-refractivity contribution is 5.86. The highest BCUT2D eigenvalue weighted by atomic mass is 16.5. The summed E-state index contributed by atoms with van der Waals surface area (Å²) in [4.78, 5) is 27.8. The molecule has 1 saturated heterocycles. The van der Waals surface area contributed by atoms with Gasteiger partial charge < -0.3 is 15.0 Å². The lowest BCUT2D eigenvalue weighted by molar-refractivity contribution is -0.144. The van der Waals surface area contributed by atoms with E-state index in [4.69, 9.17) is 4.74 Å². The summed E-state index contributed by atoms with van der Waals surface area (Å²) in [5.41, 5.74) is 3.97. The molecule has 5 nitrogen and oxygen atoms in total. The van der Waals surface area contributed by atoms with Crippen LogP contribution in [-0.2, 0) is 20.7 Å². The zero-order valence-corrected chi connectivity index (χ0v) is 19.1. The van der Waals surface area contributed by atoms with Gasteiger partial charge in [-0.05, 0) is 56.7 Å². The molecule has 0 saturated carbocycles. The molecule has 1 heterocycles. The SMILES string of the molecule is COCC(=O)N1CCC[C@@](Cc2ccccc2-c2ccc(C)cc2)(C(=O)NC(C)C)C1. The fourth-order valence-electron chi connectivity index (χ4n) is 4.44. The maximum atomic E-state index is 13.5. The number of carbonyl (C=O) groups excluding carboxylic acids is 2. The predicted molar refractivity (Wildman–Crippen MR) is 124 cm³/mol. The molecule has 0 aliphatic carbocycles. The Kier molecular flexibility index (Phi) is 7.50. The van der Waals surface area contributed by atoms with Crippen molar-refractivity contribution in [3.63, 3.8) is 0 Å². The highest BCUT2D eigenvalue weighted by Gasteiger charge is 2.44.